The fraction of sp³-hybridized carbons (Fsp3) is 0.0769. The molecule has 176 valence electrons. The van der Waals surface area contributed by atoms with Crippen LogP contribution >= 0.6 is 23.4 Å². The molecule has 3 aromatic carbocycles. The molecule has 5 rings (SSSR count). The van der Waals surface area contributed by atoms with E-state index in [-0.39, 0.29) is 22.4 Å². The van der Waals surface area contributed by atoms with E-state index in [1.54, 1.807) is 54.6 Å². The third-order valence-corrected chi connectivity index (χ3v) is 6.87. The van der Waals surface area contributed by atoms with Crippen LogP contribution in [0.5, 0.6) is 11.5 Å². The minimum atomic E-state index is -0.783. The fourth-order valence-electron chi connectivity index (χ4n) is 3.84. The third kappa shape index (κ3) is 4.26. The van der Waals surface area contributed by atoms with Crippen LogP contribution in [0.2, 0.25) is 5.02 Å². The maximum atomic E-state index is 13.7. The van der Waals surface area contributed by atoms with Crippen molar-refractivity contribution in [2.24, 2.45) is 0 Å². The molecular formula is C26H17ClFNO5S. The normalized spacial score (nSPS) is 11.3. The van der Waals surface area contributed by atoms with Gasteiger partial charge in [0.1, 0.15) is 21.8 Å². The molecule has 0 saturated carbocycles. The molecule has 2 heterocycles. The van der Waals surface area contributed by atoms with E-state index in [1.807, 2.05) is 0 Å². The Bertz CT molecular complexity index is 1700. The summed E-state index contributed by atoms with van der Waals surface area (Å²) in [4.78, 5) is 27.1. The van der Waals surface area contributed by atoms with E-state index < -0.39 is 22.8 Å². The first-order chi connectivity index (χ1) is 16.9. The van der Waals surface area contributed by atoms with Gasteiger partial charge in [0.05, 0.1) is 19.2 Å². The van der Waals surface area contributed by atoms with E-state index in [1.165, 1.54) is 23.8 Å². The number of pyridine rings is 1. The van der Waals surface area contributed by atoms with Gasteiger partial charge in [0.15, 0.2) is 11.3 Å². The molecule has 0 unspecified atom stereocenters. The Balaban J connectivity index is 1.79. The highest BCUT2D eigenvalue weighted by atomic mass is 35.5. The number of rotatable bonds is 5. The van der Waals surface area contributed by atoms with Gasteiger partial charge in [0.25, 0.3) is 5.56 Å². The summed E-state index contributed by atoms with van der Waals surface area (Å²) in [6, 6.07) is 17.4. The van der Waals surface area contributed by atoms with Gasteiger partial charge in [-0.15, -0.1) is 0 Å². The number of aromatic hydroxyl groups is 1. The Morgan fingerprint density at radius 3 is 2.46 bits per heavy atom. The molecule has 1 N–H and O–H groups in total. The van der Waals surface area contributed by atoms with Crippen molar-refractivity contribution >= 4 is 45.2 Å². The largest absolute Gasteiger partial charge is 0.505 e. The number of ether oxygens (including phenoxy) is 1. The monoisotopic (exact) mass is 509 g/mol. The van der Waals surface area contributed by atoms with Crippen LogP contribution in [0.25, 0.3) is 21.9 Å². The van der Waals surface area contributed by atoms with E-state index in [9.17, 15) is 19.1 Å². The van der Waals surface area contributed by atoms with E-state index >= 15 is 0 Å². The predicted octanol–water partition coefficient (Wildman–Crippen LogP) is 5.81. The Morgan fingerprint density at radius 2 is 1.77 bits per heavy atom. The molecule has 0 spiro atoms. The third-order valence-electron chi connectivity index (χ3n) is 5.54. The summed E-state index contributed by atoms with van der Waals surface area (Å²) >= 11 is 6.90. The molecule has 0 amide bonds. The van der Waals surface area contributed by atoms with Gasteiger partial charge in [0, 0.05) is 15.3 Å². The van der Waals surface area contributed by atoms with Gasteiger partial charge in [0.2, 0.25) is 0 Å². The summed E-state index contributed by atoms with van der Waals surface area (Å²) in [5.74, 6) is -0.385. The molecule has 0 radical (unpaired) electrons. The summed E-state index contributed by atoms with van der Waals surface area (Å²) in [7, 11) is 1.49. The van der Waals surface area contributed by atoms with E-state index in [2.05, 4.69) is 0 Å². The van der Waals surface area contributed by atoms with Gasteiger partial charge >= 0.3 is 5.63 Å². The highest BCUT2D eigenvalue weighted by Gasteiger charge is 2.23. The lowest BCUT2D eigenvalue weighted by Gasteiger charge is -2.15. The number of hydrogen-bond donors (Lipinski definition) is 1. The van der Waals surface area contributed by atoms with Crippen molar-refractivity contribution in [1.29, 1.82) is 0 Å². The average Bonchev–Trinajstić information content (AvgIpc) is 2.86. The molecule has 0 bridgehead atoms. The fourth-order valence-corrected chi connectivity index (χ4v) is 4.80. The number of halogens is 2. The number of nitrogens with zero attached hydrogens (tertiary/aromatic N) is 1. The predicted molar refractivity (Wildman–Crippen MR) is 134 cm³/mol. The van der Waals surface area contributed by atoms with Crippen molar-refractivity contribution in [3.8, 4) is 11.5 Å². The maximum absolute atomic E-state index is 13.7. The maximum Gasteiger partial charge on any atom is 0.354 e. The molecule has 0 atom stereocenters. The van der Waals surface area contributed by atoms with Gasteiger partial charge in [-0.05, 0) is 60.2 Å². The second kappa shape index (κ2) is 9.13. The molecule has 5 aromatic rings. The van der Waals surface area contributed by atoms with Crippen LogP contribution in [-0.4, -0.2) is 16.8 Å². The quantitative estimate of drug-likeness (QED) is 0.301. The molecule has 9 heteroatoms. The van der Waals surface area contributed by atoms with Crippen LogP contribution in [0, 0.1) is 5.82 Å². The standard InChI is InChI=1S/C26H17ClFNO5S/c1-33-17-8-11-20-19(12-17)23-21(25(31)29(20)13-14-2-6-16(28)7-3-14)22(30)24(26(32)34-23)35-18-9-4-15(27)5-10-18/h2-12,30H,13H2,1H3. The van der Waals surface area contributed by atoms with Gasteiger partial charge in [-0.3, -0.25) is 4.79 Å². The Labute approximate surface area is 207 Å². The smallest absolute Gasteiger partial charge is 0.354 e. The Morgan fingerprint density at radius 1 is 1.06 bits per heavy atom. The van der Waals surface area contributed by atoms with Crippen LogP contribution < -0.4 is 15.9 Å². The zero-order valence-electron chi connectivity index (χ0n) is 18.2. The minimum absolute atomic E-state index is 0.0396. The van der Waals surface area contributed by atoms with E-state index in [4.69, 9.17) is 20.8 Å². The van der Waals surface area contributed by atoms with E-state index in [0.717, 1.165) is 11.8 Å². The SMILES string of the molecule is COc1ccc2c(c1)c1oc(=O)c(Sc3ccc(Cl)cc3)c(O)c1c(=O)n2Cc1ccc(F)cc1. The summed E-state index contributed by atoms with van der Waals surface area (Å²) in [6.45, 7) is 0.107. The molecule has 0 fully saturated rings. The van der Waals surface area contributed by atoms with Crippen LogP contribution in [0.15, 0.2) is 90.5 Å². The summed E-state index contributed by atoms with van der Waals surface area (Å²) in [5, 5.41) is 11.9. The average molecular weight is 510 g/mol. The van der Waals surface area contributed by atoms with Crippen molar-refractivity contribution in [1.82, 2.24) is 4.57 Å². The second-order valence-corrected chi connectivity index (χ2v) is 9.25. The summed E-state index contributed by atoms with van der Waals surface area (Å²) in [5.41, 5.74) is -0.232. The van der Waals surface area contributed by atoms with Crippen LogP contribution in [0.3, 0.4) is 0 Å². The first kappa shape index (κ1) is 23.0. The van der Waals surface area contributed by atoms with Crippen LogP contribution in [-0.2, 0) is 6.54 Å². The number of fused-ring (bicyclic) bond motifs is 3. The zero-order valence-corrected chi connectivity index (χ0v) is 19.8. The lowest BCUT2D eigenvalue weighted by Crippen LogP contribution is -2.23. The number of methoxy groups -OCH3 is 1. The topological polar surface area (TPSA) is 81.7 Å². The first-order valence-corrected chi connectivity index (χ1v) is 11.6. The molecule has 35 heavy (non-hydrogen) atoms. The molecule has 2 aromatic heterocycles. The Kier molecular flexibility index (Phi) is 6.00. The highest BCUT2D eigenvalue weighted by Crippen LogP contribution is 2.38. The zero-order chi connectivity index (χ0) is 24.7. The Hall–Kier alpha value is -3.75. The van der Waals surface area contributed by atoms with Crippen molar-refractivity contribution in [3.63, 3.8) is 0 Å². The van der Waals surface area contributed by atoms with Crippen molar-refractivity contribution in [2.75, 3.05) is 7.11 Å². The molecule has 0 aliphatic carbocycles. The van der Waals surface area contributed by atoms with Gasteiger partial charge in [-0.1, -0.05) is 35.5 Å². The van der Waals surface area contributed by atoms with Crippen molar-refractivity contribution in [2.45, 2.75) is 16.3 Å². The highest BCUT2D eigenvalue weighted by molar-refractivity contribution is 7.99. The molecule has 6 nitrogen and oxygen atoms in total. The second-order valence-electron chi connectivity index (χ2n) is 7.73. The van der Waals surface area contributed by atoms with Gasteiger partial charge in [-0.25, -0.2) is 9.18 Å². The first-order valence-electron chi connectivity index (χ1n) is 10.4. The number of benzene rings is 3. The molecule has 0 saturated heterocycles. The summed E-state index contributed by atoms with van der Waals surface area (Å²) in [6.07, 6.45) is 0. The lowest BCUT2D eigenvalue weighted by molar-refractivity contribution is 0.415. The van der Waals surface area contributed by atoms with Crippen molar-refractivity contribution < 1.29 is 18.7 Å². The van der Waals surface area contributed by atoms with E-state index in [0.29, 0.717) is 32.1 Å². The van der Waals surface area contributed by atoms with Crippen LogP contribution in [0.1, 0.15) is 5.56 Å². The van der Waals surface area contributed by atoms with Gasteiger partial charge in [-0.2, -0.15) is 0 Å². The molecular weight excluding hydrogens is 493 g/mol. The van der Waals surface area contributed by atoms with Crippen LogP contribution in [0.4, 0.5) is 4.39 Å². The number of hydrogen-bond acceptors (Lipinski definition) is 6. The minimum Gasteiger partial charge on any atom is -0.505 e. The number of aromatic nitrogens is 1. The lowest BCUT2D eigenvalue weighted by atomic mass is 10.1. The van der Waals surface area contributed by atoms with Gasteiger partial charge < -0.3 is 18.8 Å². The van der Waals surface area contributed by atoms with Crippen molar-refractivity contribution in [3.05, 3.63) is 104 Å². The molecule has 0 aliphatic rings. The molecule has 0 aliphatic heterocycles. The summed E-state index contributed by atoms with van der Waals surface area (Å²) < 4.78 is 25.8.